The third-order valence-corrected chi connectivity index (χ3v) is 2.96. The monoisotopic (exact) mass is 356 g/mol. The summed E-state index contributed by atoms with van der Waals surface area (Å²) < 4.78 is 41.6. The van der Waals surface area contributed by atoms with Crippen LogP contribution < -0.4 is 10.1 Å². The van der Waals surface area contributed by atoms with E-state index in [1.54, 1.807) is 30.3 Å². The Kier molecular flexibility index (Phi) is 4.38. The minimum Gasteiger partial charge on any atom is -0.404 e. The summed E-state index contributed by atoms with van der Waals surface area (Å²) in [5, 5.41) is 11.5. The van der Waals surface area contributed by atoms with Crippen LogP contribution >= 0.6 is 15.9 Å². The molecule has 2 aromatic carbocycles. The molecular formula is C14H8BrF3N2O. The molecule has 0 radical (unpaired) electrons. The molecule has 0 fully saturated rings. The maximum atomic E-state index is 12.4. The average Bonchev–Trinajstić information content (AvgIpc) is 2.41. The zero-order chi connectivity index (χ0) is 15.5. The van der Waals surface area contributed by atoms with Gasteiger partial charge in [-0.2, -0.15) is 5.26 Å². The number of nitriles is 1. The number of hydrogen-bond acceptors (Lipinski definition) is 3. The predicted molar refractivity (Wildman–Crippen MR) is 75.3 cm³/mol. The number of halogens is 4. The topological polar surface area (TPSA) is 45.0 Å². The molecule has 0 aliphatic carbocycles. The highest BCUT2D eigenvalue weighted by atomic mass is 79.9. The second kappa shape index (κ2) is 6.06. The lowest BCUT2D eigenvalue weighted by Gasteiger charge is -2.15. The van der Waals surface area contributed by atoms with Crippen LogP contribution in [0.3, 0.4) is 0 Å². The Morgan fingerprint density at radius 2 is 1.76 bits per heavy atom. The van der Waals surface area contributed by atoms with Crippen molar-refractivity contribution in [2.24, 2.45) is 0 Å². The summed E-state index contributed by atoms with van der Waals surface area (Å²) in [4.78, 5) is 0. The van der Waals surface area contributed by atoms with Gasteiger partial charge in [-0.25, -0.2) is 0 Å². The van der Waals surface area contributed by atoms with Gasteiger partial charge in [0.1, 0.15) is 0 Å². The molecule has 2 rings (SSSR count). The van der Waals surface area contributed by atoms with Crippen molar-refractivity contribution in [3.05, 3.63) is 52.5 Å². The SMILES string of the molecule is N#Cc1ccc(Nc2ccc(Br)cc2OC(F)(F)F)cc1. The highest BCUT2D eigenvalue weighted by molar-refractivity contribution is 9.10. The van der Waals surface area contributed by atoms with E-state index < -0.39 is 6.36 Å². The number of hydrogen-bond donors (Lipinski definition) is 1. The van der Waals surface area contributed by atoms with Crippen LogP contribution in [-0.4, -0.2) is 6.36 Å². The van der Waals surface area contributed by atoms with Gasteiger partial charge in [0.25, 0.3) is 0 Å². The van der Waals surface area contributed by atoms with Gasteiger partial charge in [0, 0.05) is 10.2 Å². The summed E-state index contributed by atoms with van der Waals surface area (Å²) in [5.41, 5.74) is 1.17. The molecule has 0 atom stereocenters. The van der Waals surface area contributed by atoms with E-state index in [9.17, 15) is 13.2 Å². The lowest BCUT2D eigenvalue weighted by Crippen LogP contribution is -2.17. The zero-order valence-electron chi connectivity index (χ0n) is 10.4. The minimum atomic E-state index is -4.78. The average molecular weight is 357 g/mol. The number of alkyl halides is 3. The fourth-order valence-corrected chi connectivity index (χ4v) is 1.93. The first kappa shape index (κ1) is 15.2. The highest BCUT2D eigenvalue weighted by Crippen LogP contribution is 2.34. The largest absolute Gasteiger partial charge is 0.573 e. The lowest BCUT2D eigenvalue weighted by molar-refractivity contribution is -0.274. The molecule has 0 unspecified atom stereocenters. The summed E-state index contributed by atoms with van der Waals surface area (Å²) in [6.07, 6.45) is -4.78. The normalized spacial score (nSPS) is 10.8. The second-order valence-corrected chi connectivity index (χ2v) is 4.92. The van der Waals surface area contributed by atoms with Gasteiger partial charge in [-0.05, 0) is 42.5 Å². The van der Waals surface area contributed by atoms with E-state index in [1.165, 1.54) is 12.1 Å². The van der Waals surface area contributed by atoms with Crippen LogP contribution in [0.15, 0.2) is 46.9 Å². The predicted octanol–water partition coefficient (Wildman–Crippen LogP) is 4.96. The Balaban J connectivity index is 2.28. The van der Waals surface area contributed by atoms with Gasteiger partial charge in [-0.15, -0.1) is 13.2 Å². The van der Waals surface area contributed by atoms with Crippen molar-refractivity contribution in [1.82, 2.24) is 0 Å². The molecule has 0 saturated heterocycles. The fraction of sp³-hybridized carbons (Fsp3) is 0.0714. The molecule has 0 aliphatic rings. The first-order chi connectivity index (χ1) is 9.87. The number of benzene rings is 2. The maximum Gasteiger partial charge on any atom is 0.573 e. The van der Waals surface area contributed by atoms with E-state index in [4.69, 9.17) is 5.26 Å². The molecule has 108 valence electrons. The van der Waals surface area contributed by atoms with Gasteiger partial charge in [0.2, 0.25) is 0 Å². The molecule has 2 aromatic rings. The molecule has 0 bridgehead atoms. The lowest BCUT2D eigenvalue weighted by atomic mass is 10.2. The number of nitrogens with one attached hydrogen (secondary N) is 1. The maximum absolute atomic E-state index is 12.4. The van der Waals surface area contributed by atoms with Gasteiger partial charge >= 0.3 is 6.36 Å². The Labute approximate surface area is 127 Å². The zero-order valence-corrected chi connectivity index (χ0v) is 12.0. The van der Waals surface area contributed by atoms with Gasteiger partial charge < -0.3 is 10.1 Å². The van der Waals surface area contributed by atoms with Crippen molar-refractivity contribution in [1.29, 1.82) is 5.26 Å². The Bertz CT molecular complexity index is 678. The third kappa shape index (κ3) is 4.39. The molecule has 7 heteroatoms. The summed E-state index contributed by atoms with van der Waals surface area (Å²) in [7, 11) is 0. The van der Waals surface area contributed by atoms with Crippen LogP contribution in [0.4, 0.5) is 24.5 Å². The number of nitrogens with zero attached hydrogens (tertiary/aromatic N) is 1. The Morgan fingerprint density at radius 3 is 2.33 bits per heavy atom. The van der Waals surface area contributed by atoms with E-state index in [2.05, 4.69) is 26.0 Å². The molecule has 3 nitrogen and oxygen atoms in total. The van der Waals surface area contributed by atoms with Crippen molar-refractivity contribution >= 4 is 27.3 Å². The molecule has 0 aliphatic heterocycles. The van der Waals surface area contributed by atoms with Crippen LogP contribution in [0.5, 0.6) is 5.75 Å². The number of rotatable bonds is 3. The smallest absolute Gasteiger partial charge is 0.404 e. The molecule has 1 N–H and O–H groups in total. The van der Waals surface area contributed by atoms with Crippen molar-refractivity contribution in [3.8, 4) is 11.8 Å². The van der Waals surface area contributed by atoms with Crippen molar-refractivity contribution in [3.63, 3.8) is 0 Å². The Morgan fingerprint density at radius 1 is 1.10 bits per heavy atom. The van der Waals surface area contributed by atoms with Gasteiger partial charge in [-0.1, -0.05) is 15.9 Å². The second-order valence-electron chi connectivity index (χ2n) is 4.00. The van der Waals surface area contributed by atoms with Crippen molar-refractivity contribution in [2.75, 3.05) is 5.32 Å². The molecule has 0 saturated carbocycles. The van der Waals surface area contributed by atoms with Crippen LogP contribution in [-0.2, 0) is 0 Å². The molecule has 0 heterocycles. The summed E-state index contributed by atoms with van der Waals surface area (Å²) in [6, 6.07) is 12.5. The van der Waals surface area contributed by atoms with Gasteiger partial charge in [-0.3, -0.25) is 0 Å². The quantitative estimate of drug-likeness (QED) is 0.844. The van der Waals surface area contributed by atoms with Crippen LogP contribution in [0.2, 0.25) is 0 Å². The third-order valence-electron chi connectivity index (χ3n) is 2.46. The summed E-state index contributed by atoms with van der Waals surface area (Å²) in [5.74, 6) is -0.346. The number of ether oxygens (including phenoxy) is 1. The standard InChI is InChI=1S/C14H8BrF3N2O/c15-10-3-6-12(13(7-10)21-14(16,17)18)20-11-4-1-9(8-19)2-5-11/h1-7,20H. The fourth-order valence-electron chi connectivity index (χ4n) is 1.59. The van der Waals surface area contributed by atoms with Crippen LogP contribution in [0.1, 0.15) is 5.56 Å². The molecule has 0 spiro atoms. The van der Waals surface area contributed by atoms with Gasteiger partial charge in [0.15, 0.2) is 5.75 Å². The summed E-state index contributed by atoms with van der Waals surface area (Å²) >= 11 is 3.10. The van der Waals surface area contributed by atoms with Gasteiger partial charge in [0.05, 0.1) is 17.3 Å². The molecule has 0 amide bonds. The van der Waals surface area contributed by atoms with Crippen molar-refractivity contribution in [2.45, 2.75) is 6.36 Å². The Hall–Kier alpha value is -2.20. The van der Waals surface area contributed by atoms with Crippen molar-refractivity contribution < 1.29 is 17.9 Å². The van der Waals surface area contributed by atoms with E-state index >= 15 is 0 Å². The van der Waals surface area contributed by atoms with Crippen LogP contribution in [0.25, 0.3) is 0 Å². The first-order valence-corrected chi connectivity index (χ1v) is 6.49. The van der Waals surface area contributed by atoms with E-state index in [0.717, 1.165) is 0 Å². The number of anilines is 2. The molecular weight excluding hydrogens is 349 g/mol. The summed E-state index contributed by atoms with van der Waals surface area (Å²) in [6.45, 7) is 0. The van der Waals surface area contributed by atoms with Crippen LogP contribution in [0, 0.1) is 11.3 Å². The highest BCUT2D eigenvalue weighted by Gasteiger charge is 2.32. The van der Waals surface area contributed by atoms with E-state index in [1.807, 2.05) is 6.07 Å². The molecule has 0 aromatic heterocycles. The van der Waals surface area contributed by atoms with E-state index in [0.29, 0.717) is 15.7 Å². The first-order valence-electron chi connectivity index (χ1n) is 5.70. The van der Waals surface area contributed by atoms with E-state index in [-0.39, 0.29) is 11.4 Å². The molecule has 21 heavy (non-hydrogen) atoms. The minimum absolute atomic E-state index is 0.167.